The van der Waals surface area contributed by atoms with Crippen molar-refractivity contribution in [3.05, 3.63) is 42.0 Å². The molecule has 2 aromatic rings. The van der Waals surface area contributed by atoms with Gasteiger partial charge in [-0.2, -0.15) is 0 Å². The van der Waals surface area contributed by atoms with E-state index in [9.17, 15) is 4.79 Å². The number of para-hydroxylation sites is 1. The molecule has 4 rings (SSSR count). The zero-order valence-corrected chi connectivity index (χ0v) is 12.7. The number of benzene rings is 1. The molecule has 0 aliphatic heterocycles. The zero-order chi connectivity index (χ0) is 15.1. The molecule has 1 aromatic heterocycles. The predicted molar refractivity (Wildman–Crippen MR) is 82.8 cm³/mol. The molecule has 2 fully saturated rings. The Labute approximate surface area is 129 Å². The number of nitrogens with one attached hydrogen (secondary N) is 1. The molecule has 2 saturated carbocycles. The molecule has 5 heteroatoms. The number of carbonyl (C=O) groups excluding carboxylic acids is 1. The number of aromatic nitrogens is 3. The number of amides is 1. The number of carbonyl (C=O) groups is 1. The summed E-state index contributed by atoms with van der Waals surface area (Å²) in [5, 5.41) is 7.52. The van der Waals surface area contributed by atoms with Crippen LogP contribution in [0.25, 0.3) is 5.69 Å². The topological polar surface area (TPSA) is 59.8 Å². The monoisotopic (exact) mass is 296 g/mol. The molecule has 1 aromatic carbocycles. The van der Waals surface area contributed by atoms with Crippen molar-refractivity contribution in [2.24, 2.45) is 11.8 Å². The minimum Gasteiger partial charge on any atom is -0.346 e. The van der Waals surface area contributed by atoms with Crippen LogP contribution < -0.4 is 5.32 Å². The fourth-order valence-electron chi connectivity index (χ4n) is 3.95. The van der Waals surface area contributed by atoms with Gasteiger partial charge in [0.1, 0.15) is 5.82 Å². The number of nitrogens with zero attached hydrogens (tertiary/aromatic N) is 3. The summed E-state index contributed by atoms with van der Waals surface area (Å²) in [5.74, 6) is 2.32. The van der Waals surface area contributed by atoms with Crippen molar-refractivity contribution >= 4 is 5.91 Å². The molecule has 5 nitrogen and oxygen atoms in total. The van der Waals surface area contributed by atoms with Gasteiger partial charge in [-0.1, -0.05) is 24.6 Å². The van der Waals surface area contributed by atoms with Gasteiger partial charge in [-0.25, -0.2) is 9.67 Å². The summed E-state index contributed by atoms with van der Waals surface area (Å²) in [6.45, 7) is 1.87. The lowest BCUT2D eigenvalue weighted by atomic mass is 9.95. The van der Waals surface area contributed by atoms with Gasteiger partial charge in [-0.05, 0) is 50.2 Å². The summed E-state index contributed by atoms with van der Waals surface area (Å²) >= 11 is 0. The van der Waals surface area contributed by atoms with Crippen LogP contribution in [0.4, 0.5) is 0 Å². The van der Waals surface area contributed by atoms with Gasteiger partial charge >= 0.3 is 0 Å². The van der Waals surface area contributed by atoms with Crippen molar-refractivity contribution < 1.29 is 4.79 Å². The van der Waals surface area contributed by atoms with Crippen LogP contribution >= 0.6 is 0 Å². The standard InChI is InChI=1S/C17H20N4O/c1-11-18-16(20-21(11)14-5-3-2-4-6-14)17(22)19-15-10-12-7-8-13(15)9-12/h2-6,12-13,15H,7-10H2,1H3,(H,19,22)/t12-,13-,15+/m0/s1. The molecule has 2 aliphatic carbocycles. The van der Waals surface area contributed by atoms with Crippen LogP contribution in [0.3, 0.4) is 0 Å². The normalized spacial score (nSPS) is 26.3. The highest BCUT2D eigenvalue weighted by Crippen LogP contribution is 2.44. The van der Waals surface area contributed by atoms with Gasteiger partial charge in [0, 0.05) is 6.04 Å². The minimum atomic E-state index is -0.143. The Kier molecular flexibility index (Phi) is 3.21. The van der Waals surface area contributed by atoms with E-state index < -0.39 is 0 Å². The molecule has 3 atom stereocenters. The van der Waals surface area contributed by atoms with Crippen LogP contribution in [0.1, 0.15) is 42.1 Å². The van der Waals surface area contributed by atoms with Crippen molar-refractivity contribution in [2.45, 2.75) is 38.6 Å². The Morgan fingerprint density at radius 1 is 1.23 bits per heavy atom. The second-order valence-corrected chi connectivity index (χ2v) is 6.48. The maximum Gasteiger partial charge on any atom is 0.291 e. The quantitative estimate of drug-likeness (QED) is 0.946. The molecule has 0 spiro atoms. The molecule has 0 unspecified atom stereocenters. The van der Waals surface area contributed by atoms with Crippen LogP contribution in [0.5, 0.6) is 0 Å². The first kappa shape index (κ1) is 13.5. The van der Waals surface area contributed by atoms with E-state index in [2.05, 4.69) is 15.4 Å². The van der Waals surface area contributed by atoms with E-state index in [1.54, 1.807) is 4.68 Å². The maximum atomic E-state index is 12.4. The number of hydrogen-bond acceptors (Lipinski definition) is 3. The van der Waals surface area contributed by atoms with E-state index in [1.807, 2.05) is 37.3 Å². The van der Waals surface area contributed by atoms with E-state index in [0.717, 1.165) is 23.9 Å². The lowest BCUT2D eigenvalue weighted by Gasteiger charge is -2.22. The Bertz CT molecular complexity index is 694. The number of aryl methyl sites for hydroxylation is 1. The Morgan fingerprint density at radius 3 is 2.73 bits per heavy atom. The van der Waals surface area contributed by atoms with E-state index >= 15 is 0 Å². The summed E-state index contributed by atoms with van der Waals surface area (Å²) in [5.41, 5.74) is 0.923. The highest BCUT2D eigenvalue weighted by molar-refractivity contribution is 5.90. The molecule has 114 valence electrons. The predicted octanol–water partition coefficient (Wildman–Crippen LogP) is 2.49. The first-order valence-electron chi connectivity index (χ1n) is 8.00. The average molecular weight is 296 g/mol. The van der Waals surface area contributed by atoms with Gasteiger partial charge in [0.2, 0.25) is 5.82 Å². The van der Waals surface area contributed by atoms with Gasteiger partial charge in [0.05, 0.1) is 5.69 Å². The van der Waals surface area contributed by atoms with E-state index in [4.69, 9.17) is 0 Å². The third-order valence-corrected chi connectivity index (χ3v) is 5.03. The van der Waals surface area contributed by atoms with E-state index in [-0.39, 0.29) is 11.7 Å². The van der Waals surface area contributed by atoms with Gasteiger partial charge in [-0.15, -0.1) is 5.10 Å². The zero-order valence-electron chi connectivity index (χ0n) is 12.7. The summed E-state index contributed by atoms with van der Waals surface area (Å²) in [6.07, 6.45) is 4.97. The van der Waals surface area contributed by atoms with Crippen molar-refractivity contribution in [3.63, 3.8) is 0 Å². The van der Waals surface area contributed by atoms with Crippen LogP contribution in [-0.4, -0.2) is 26.7 Å². The molecular formula is C17H20N4O. The summed E-state index contributed by atoms with van der Waals surface area (Å²) < 4.78 is 1.72. The summed E-state index contributed by atoms with van der Waals surface area (Å²) in [7, 11) is 0. The van der Waals surface area contributed by atoms with Gasteiger partial charge in [-0.3, -0.25) is 4.79 Å². The Balaban J connectivity index is 1.52. The molecule has 0 radical (unpaired) electrons. The molecule has 1 heterocycles. The van der Waals surface area contributed by atoms with E-state index in [1.165, 1.54) is 19.3 Å². The van der Waals surface area contributed by atoms with Crippen molar-refractivity contribution in [2.75, 3.05) is 0 Å². The van der Waals surface area contributed by atoms with Gasteiger partial charge in [0.25, 0.3) is 5.91 Å². The fourth-order valence-corrected chi connectivity index (χ4v) is 3.95. The molecule has 2 bridgehead atoms. The first-order valence-corrected chi connectivity index (χ1v) is 8.00. The molecule has 1 N–H and O–H groups in total. The smallest absolute Gasteiger partial charge is 0.291 e. The molecular weight excluding hydrogens is 276 g/mol. The van der Waals surface area contributed by atoms with Crippen LogP contribution in [0.15, 0.2) is 30.3 Å². The molecule has 0 saturated heterocycles. The van der Waals surface area contributed by atoms with Gasteiger partial charge in [0.15, 0.2) is 0 Å². The van der Waals surface area contributed by atoms with Crippen molar-refractivity contribution in [1.82, 2.24) is 20.1 Å². The Morgan fingerprint density at radius 2 is 2.05 bits per heavy atom. The van der Waals surface area contributed by atoms with Crippen molar-refractivity contribution in [1.29, 1.82) is 0 Å². The summed E-state index contributed by atoms with van der Waals surface area (Å²) in [4.78, 5) is 16.8. The fraction of sp³-hybridized carbons (Fsp3) is 0.471. The number of rotatable bonds is 3. The van der Waals surface area contributed by atoms with Crippen LogP contribution in [0, 0.1) is 18.8 Å². The second-order valence-electron chi connectivity index (χ2n) is 6.48. The van der Waals surface area contributed by atoms with E-state index in [0.29, 0.717) is 12.0 Å². The highest BCUT2D eigenvalue weighted by atomic mass is 16.2. The highest BCUT2D eigenvalue weighted by Gasteiger charge is 2.40. The molecule has 22 heavy (non-hydrogen) atoms. The number of hydrogen-bond donors (Lipinski definition) is 1. The first-order chi connectivity index (χ1) is 10.7. The third-order valence-electron chi connectivity index (χ3n) is 5.03. The minimum absolute atomic E-state index is 0.143. The van der Waals surface area contributed by atoms with Crippen LogP contribution in [-0.2, 0) is 0 Å². The SMILES string of the molecule is Cc1nc(C(=O)N[C@@H]2C[C@H]3CC[C@H]2C3)nn1-c1ccccc1. The second kappa shape index (κ2) is 5.23. The maximum absolute atomic E-state index is 12.4. The Hall–Kier alpha value is -2.17. The molecule has 1 amide bonds. The van der Waals surface area contributed by atoms with Crippen LogP contribution in [0.2, 0.25) is 0 Å². The van der Waals surface area contributed by atoms with Crippen molar-refractivity contribution in [3.8, 4) is 5.69 Å². The van der Waals surface area contributed by atoms with Gasteiger partial charge < -0.3 is 5.32 Å². The largest absolute Gasteiger partial charge is 0.346 e. The average Bonchev–Trinajstić information content (AvgIpc) is 3.23. The third kappa shape index (κ3) is 2.30. The lowest BCUT2D eigenvalue weighted by molar-refractivity contribution is 0.0912. The molecule has 2 aliphatic rings. The number of fused-ring (bicyclic) bond motifs is 2. The lowest BCUT2D eigenvalue weighted by Crippen LogP contribution is -2.39. The summed E-state index contributed by atoms with van der Waals surface area (Å²) in [6, 6.07) is 10.1.